The van der Waals surface area contributed by atoms with Crippen molar-refractivity contribution in [1.82, 2.24) is 4.98 Å². The molecule has 0 fully saturated rings. The second-order valence-corrected chi connectivity index (χ2v) is 3.96. The molecule has 1 heterocycles. The molecule has 1 aromatic heterocycles. The van der Waals surface area contributed by atoms with E-state index < -0.39 is 0 Å². The lowest BCUT2D eigenvalue weighted by Crippen LogP contribution is -1.99. The second-order valence-electron chi connectivity index (χ2n) is 3.96. The zero-order chi connectivity index (χ0) is 13.7. The number of ether oxygens (including phenoxy) is 1. The van der Waals surface area contributed by atoms with Gasteiger partial charge in [-0.1, -0.05) is 0 Å². The predicted octanol–water partition coefficient (Wildman–Crippen LogP) is 3.40. The van der Waals surface area contributed by atoms with Crippen LogP contribution >= 0.6 is 0 Å². The molecule has 0 unspecified atom stereocenters. The lowest BCUT2D eigenvalue weighted by atomic mass is 10.2. The number of halogens is 1. The van der Waals surface area contributed by atoms with Gasteiger partial charge in [0.15, 0.2) is 0 Å². The van der Waals surface area contributed by atoms with Gasteiger partial charge in [0.2, 0.25) is 0 Å². The fourth-order valence-electron chi connectivity index (χ4n) is 1.69. The Morgan fingerprint density at radius 3 is 2.74 bits per heavy atom. The number of methoxy groups -OCH3 is 1. The molecular formula is C14H16FN3O. The number of pyridine rings is 1. The summed E-state index contributed by atoms with van der Waals surface area (Å²) in [5, 5.41) is 6.14. The van der Waals surface area contributed by atoms with Crippen molar-refractivity contribution in [2.45, 2.75) is 6.92 Å². The molecule has 2 rings (SSSR count). The summed E-state index contributed by atoms with van der Waals surface area (Å²) in [7, 11) is 1.55. The van der Waals surface area contributed by atoms with Gasteiger partial charge in [-0.05, 0) is 25.1 Å². The van der Waals surface area contributed by atoms with Crippen molar-refractivity contribution in [3.05, 3.63) is 42.5 Å². The molecule has 5 heteroatoms. The highest BCUT2D eigenvalue weighted by Gasteiger charge is 2.05. The minimum atomic E-state index is -0.338. The van der Waals surface area contributed by atoms with Crippen LogP contribution in [0.3, 0.4) is 0 Å². The van der Waals surface area contributed by atoms with Crippen LogP contribution < -0.4 is 15.4 Å². The van der Waals surface area contributed by atoms with E-state index in [4.69, 9.17) is 4.74 Å². The maximum Gasteiger partial charge on any atom is 0.146 e. The molecule has 1 aromatic carbocycles. The largest absolute Gasteiger partial charge is 0.497 e. The quantitative estimate of drug-likeness (QED) is 0.866. The normalized spacial score (nSPS) is 10.1. The third-order valence-electron chi connectivity index (χ3n) is 2.57. The van der Waals surface area contributed by atoms with Crippen LogP contribution in [0.5, 0.6) is 5.75 Å². The van der Waals surface area contributed by atoms with Crippen LogP contribution in [0.2, 0.25) is 0 Å². The van der Waals surface area contributed by atoms with E-state index in [0.29, 0.717) is 17.1 Å². The lowest BCUT2D eigenvalue weighted by Gasteiger charge is -2.10. The van der Waals surface area contributed by atoms with Gasteiger partial charge in [0, 0.05) is 12.6 Å². The fraction of sp³-hybridized carbons (Fsp3) is 0.214. The molecule has 0 aliphatic heterocycles. The van der Waals surface area contributed by atoms with Crippen LogP contribution in [0, 0.1) is 5.82 Å². The minimum absolute atomic E-state index is 0.338. The third-order valence-corrected chi connectivity index (χ3v) is 2.57. The summed E-state index contributed by atoms with van der Waals surface area (Å²) in [6.07, 6.45) is 3.36. The summed E-state index contributed by atoms with van der Waals surface area (Å²) >= 11 is 0. The fourth-order valence-corrected chi connectivity index (χ4v) is 1.69. The first kappa shape index (κ1) is 13.1. The Hall–Kier alpha value is -2.30. The van der Waals surface area contributed by atoms with Crippen molar-refractivity contribution < 1.29 is 9.13 Å². The van der Waals surface area contributed by atoms with E-state index in [-0.39, 0.29) is 5.82 Å². The van der Waals surface area contributed by atoms with Crippen LogP contribution in [0.25, 0.3) is 0 Å². The molecule has 19 heavy (non-hydrogen) atoms. The third kappa shape index (κ3) is 3.34. The first-order valence-electron chi connectivity index (χ1n) is 6.02. The number of nitrogens with one attached hydrogen (secondary N) is 2. The number of hydrogen-bond donors (Lipinski definition) is 2. The van der Waals surface area contributed by atoms with Crippen LogP contribution in [-0.2, 0) is 0 Å². The number of hydrogen-bond acceptors (Lipinski definition) is 4. The molecule has 0 saturated carbocycles. The van der Waals surface area contributed by atoms with Crippen LogP contribution in [0.15, 0.2) is 36.7 Å². The summed E-state index contributed by atoms with van der Waals surface area (Å²) in [5.41, 5.74) is 1.95. The Morgan fingerprint density at radius 2 is 2.00 bits per heavy atom. The van der Waals surface area contributed by atoms with E-state index in [9.17, 15) is 4.39 Å². The number of anilines is 3. The number of nitrogens with zero attached hydrogens (tertiary/aromatic N) is 1. The Balaban J connectivity index is 2.22. The number of benzene rings is 1. The lowest BCUT2D eigenvalue weighted by molar-refractivity contribution is 0.414. The highest BCUT2D eigenvalue weighted by Crippen LogP contribution is 2.25. The predicted molar refractivity (Wildman–Crippen MR) is 74.6 cm³/mol. The van der Waals surface area contributed by atoms with E-state index in [1.54, 1.807) is 31.6 Å². The second kappa shape index (κ2) is 6.04. The van der Waals surface area contributed by atoms with Gasteiger partial charge < -0.3 is 15.4 Å². The van der Waals surface area contributed by atoms with E-state index in [0.717, 1.165) is 12.2 Å². The Bertz CT molecular complexity index is 560. The molecular weight excluding hydrogens is 245 g/mol. The average molecular weight is 261 g/mol. The molecule has 0 amide bonds. The summed E-state index contributed by atoms with van der Waals surface area (Å²) < 4.78 is 18.8. The zero-order valence-corrected chi connectivity index (χ0v) is 10.9. The summed E-state index contributed by atoms with van der Waals surface area (Å²) in [6, 6.07) is 6.42. The van der Waals surface area contributed by atoms with Gasteiger partial charge in [-0.2, -0.15) is 0 Å². The van der Waals surface area contributed by atoms with Gasteiger partial charge in [-0.25, -0.2) is 4.39 Å². The molecule has 2 N–H and O–H groups in total. The molecule has 100 valence electrons. The molecule has 0 aliphatic rings. The Kier molecular flexibility index (Phi) is 4.18. The van der Waals surface area contributed by atoms with Crippen molar-refractivity contribution in [3.8, 4) is 5.75 Å². The van der Waals surface area contributed by atoms with Crippen LogP contribution in [0.1, 0.15) is 6.92 Å². The average Bonchev–Trinajstić information content (AvgIpc) is 2.42. The van der Waals surface area contributed by atoms with Gasteiger partial charge in [0.05, 0.1) is 36.6 Å². The molecule has 0 bridgehead atoms. The van der Waals surface area contributed by atoms with Gasteiger partial charge in [-0.15, -0.1) is 0 Å². The molecule has 4 nitrogen and oxygen atoms in total. The molecule has 0 radical (unpaired) electrons. The first-order chi connectivity index (χ1) is 9.22. The number of rotatable bonds is 5. The maximum absolute atomic E-state index is 13.7. The van der Waals surface area contributed by atoms with E-state index in [1.165, 1.54) is 6.07 Å². The topological polar surface area (TPSA) is 46.2 Å². The molecule has 0 spiro atoms. The first-order valence-corrected chi connectivity index (χ1v) is 6.02. The Labute approximate surface area is 111 Å². The zero-order valence-electron chi connectivity index (χ0n) is 10.9. The van der Waals surface area contributed by atoms with Gasteiger partial charge >= 0.3 is 0 Å². The van der Waals surface area contributed by atoms with E-state index in [2.05, 4.69) is 15.6 Å². The van der Waals surface area contributed by atoms with Crippen LogP contribution in [0.4, 0.5) is 21.5 Å². The van der Waals surface area contributed by atoms with Gasteiger partial charge in [-0.3, -0.25) is 4.98 Å². The minimum Gasteiger partial charge on any atom is -0.497 e. The van der Waals surface area contributed by atoms with Crippen molar-refractivity contribution in [1.29, 1.82) is 0 Å². The van der Waals surface area contributed by atoms with E-state index >= 15 is 0 Å². The van der Waals surface area contributed by atoms with Crippen LogP contribution in [-0.4, -0.2) is 18.6 Å². The summed E-state index contributed by atoms with van der Waals surface area (Å²) in [5.74, 6) is 0.259. The smallest absolute Gasteiger partial charge is 0.146 e. The molecule has 0 aliphatic carbocycles. The SMILES string of the molecule is CCNc1cncc(Nc2cc(OC)ccc2F)c1. The van der Waals surface area contributed by atoms with Gasteiger partial charge in [0.25, 0.3) is 0 Å². The number of aromatic nitrogens is 1. The van der Waals surface area contributed by atoms with Crippen molar-refractivity contribution in [3.63, 3.8) is 0 Å². The summed E-state index contributed by atoms with van der Waals surface area (Å²) in [4.78, 5) is 4.09. The van der Waals surface area contributed by atoms with E-state index in [1.807, 2.05) is 13.0 Å². The monoisotopic (exact) mass is 261 g/mol. The Morgan fingerprint density at radius 1 is 1.21 bits per heavy atom. The molecule has 0 saturated heterocycles. The maximum atomic E-state index is 13.7. The highest BCUT2D eigenvalue weighted by atomic mass is 19.1. The van der Waals surface area contributed by atoms with Crippen molar-refractivity contribution >= 4 is 17.1 Å². The standard InChI is InChI=1S/C14H16FN3O/c1-3-17-10-6-11(9-16-8-10)18-14-7-12(19-2)4-5-13(14)15/h4-9,17-18H,3H2,1-2H3. The highest BCUT2D eigenvalue weighted by molar-refractivity contribution is 5.64. The summed E-state index contributed by atoms with van der Waals surface area (Å²) in [6.45, 7) is 2.81. The molecule has 2 aromatic rings. The van der Waals surface area contributed by atoms with Gasteiger partial charge in [0.1, 0.15) is 11.6 Å². The van der Waals surface area contributed by atoms with Crippen molar-refractivity contribution in [2.75, 3.05) is 24.3 Å². The van der Waals surface area contributed by atoms with Crippen molar-refractivity contribution in [2.24, 2.45) is 0 Å². The molecule has 0 atom stereocenters.